The minimum absolute atomic E-state index is 0.146. The fourth-order valence-corrected chi connectivity index (χ4v) is 2.94. The summed E-state index contributed by atoms with van der Waals surface area (Å²) < 4.78 is 5.32. The Bertz CT molecular complexity index is 989. The zero-order valence-corrected chi connectivity index (χ0v) is 15.8. The van der Waals surface area contributed by atoms with E-state index in [9.17, 15) is 9.59 Å². The summed E-state index contributed by atoms with van der Waals surface area (Å²) in [6, 6.07) is 19.4. The molecule has 0 aliphatic heterocycles. The van der Waals surface area contributed by atoms with Crippen LogP contribution < -0.4 is 5.32 Å². The van der Waals surface area contributed by atoms with E-state index in [1.165, 1.54) is 5.56 Å². The molecule has 0 heterocycles. The second-order valence-corrected chi connectivity index (χ2v) is 6.74. The van der Waals surface area contributed by atoms with Crippen molar-refractivity contribution in [3.05, 3.63) is 77.4 Å². The fourth-order valence-electron chi connectivity index (χ4n) is 2.94. The van der Waals surface area contributed by atoms with Gasteiger partial charge in [0.25, 0.3) is 5.91 Å². The summed E-state index contributed by atoms with van der Waals surface area (Å²) in [7, 11) is 0. The molecule has 0 spiro atoms. The number of esters is 1. The second-order valence-electron chi connectivity index (χ2n) is 6.74. The minimum atomic E-state index is -0.872. The van der Waals surface area contributed by atoms with Gasteiger partial charge in [-0.25, -0.2) is 0 Å². The Hall–Kier alpha value is -3.14. The van der Waals surface area contributed by atoms with Gasteiger partial charge in [0, 0.05) is 11.1 Å². The van der Waals surface area contributed by atoms with Crippen LogP contribution in [-0.2, 0) is 20.7 Å². The van der Waals surface area contributed by atoms with Crippen molar-refractivity contribution >= 4 is 28.3 Å². The number of amides is 1. The zero-order valence-electron chi connectivity index (χ0n) is 15.8. The first-order valence-corrected chi connectivity index (χ1v) is 8.98. The maximum atomic E-state index is 12.5. The fraction of sp³-hybridized carbons (Fsp3) is 0.217. The van der Waals surface area contributed by atoms with Gasteiger partial charge in [-0.15, -0.1) is 0 Å². The van der Waals surface area contributed by atoms with Crippen molar-refractivity contribution in [2.45, 2.75) is 33.3 Å². The standard InChI is InChI=1S/C23H23NO3/c1-15-11-12-18(13-16(15)2)14-22(25)27-17(3)23(26)24-21-10-6-8-19-7-4-5-9-20(19)21/h4-13,17H,14H2,1-3H3,(H,24,26)/t17-/m0/s1. The molecule has 3 rings (SSSR count). The summed E-state index contributed by atoms with van der Waals surface area (Å²) in [5.41, 5.74) is 3.89. The number of nitrogens with one attached hydrogen (secondary N) is 1. The third-order valence-corrected chi connectivity index (χ3v) is 4.64. The topological polar surface area (TPSA) is 55.4 Å². The van der Waals surface area contributed by atoms with Gasteiger partial charge in [0.15, 0.2) is 6.10 Å². The van der Waals surface area contributed by atoms with E-state index in [0.29, 0.717) is 5.69 Å². The molecule has 27 heavy (non-hydrogen) atoms. The van der Waals surface area contributed by atoms with Gasteiger partial charge in [-0.2, -0.15) is 0 Å². The number of anilines is 1. The van der Waals surface area contributed by atoms with Crippen molar-refractivity contribution < 1.29 is 14.3 Å². The summed E-state index contributed by atoms with van der Waals surface area (Å²) in [6.07, 6.45) is -0.726. The summed E-state index contributed by atoms with van der Waals surface area (Å²) in [6.45, 7) is 5.61. The van der Waals surface area contributed by atoms with Crippen molar-refractivity contribution in [2.75, 3.05) is 5.32 Å². The number of rotatable bonds is 5. The van der Waals surface area contributed by atoms with Crippen LogP contribution in [0.25, 0.3) is 10.8 Å². The minimum Gasteiger partial charge on any atom is -0.452 e. The van der Waals surface area contributed by atoms with E-state index in [0.717, 1.165) is 21.9 Å². The number of aryl methyl sites for hydroxylation is 2. The van der Waals surface area contributed by atoms with Crippen molar-refractivity contribution in [3.8, 4) is 0 Å². The highest BCUT2D eigenvalue weighted by Gasteiger charge is 2.19. The molecular formula is C23H23NO3. The smallest absolute Gasteiger partial charge is 0.311 e. The van der Waals surface area contributed by atoms with Gasteiger partial charge in [0.1, 0.15) is 0 Å². The molecular weight excluding hydrogens is 338 g/mol. The molecule has 4 nitrogen and oxygen atoms in total. The third-order valence-electron chi connectivity index (χ3n) is 4.64. The van der Waals surface area contributed by atoms with Crippen molar-refractivity contribution in [2.24, 2.45) is 0 Å². The molecule has 0 aromatic heterocycles. The molecule has 0 bridgehead atoms. The van der Waals surface area contributed by atoms with Crippen LogP contribution in [0.1, 0.15) is 23.6 Å². The second kappa shape index (κ2) is 8.04. The first-order chi connectivity index (χ1) is 12.9. The number of hydrogen-bond acceptors (Lipinski definition) is 3. The van der Waals surface area contributed by atoms with Gasteiger partial charge < -0.3 is 10.1 Å². The van der Waals surface area contributed by atoms with Gasteiger partial charge in [0.2, 0.25) is 0 Å². The third kappa shape index (κ3) is 4.53. The van der Waals surface area contributed by atoms with Crippen LogP contribution in [0.15, 0.2) is 60.7 Å². The molecule has 1 N–H and O–H groups in total. The van der Waals surface area contributed by atoms with E-state index in [4.69, 9.17) is 4.74 Å². The number of carbonyl (C=O) groups excluding carboxylic acids is 2. The number of carbonyl (C=O) groups is 2. The van der Waals surface area contributed by atoms with Gasteiger partial charge >= 0.3 is 5.97 Å². The van der Waals surface area contributed by atoms with E-state index in [2.05, 4.69) is 5.32 Å². The summed E-state index contributed by atoms with van der Waals surface area (Å²) in [5, 5.41) is 4.84. The Labute approximate surface area is 159 Å². The van der Waals surface area contributed by atoms with E-state index in [1.807, 2.05) is 74.5 Å². The van der Waals surface area contributed by atoms with Crippen molar-refractivity contribution in [3.63, 3.8) is 0 Å². The molecule has 0 saturated heterocycles. The number of fused-ring (bicyclic) bond motifs is 1. The number of ether oxygens (including phenoxy) is 1. The van der Waals surface area contributed by atoms with Crippen LogP contribution in [0, 0.1) is 13.8 Å². The average Bonchev–Trinajstić information content (AvgIpc) is 2.65. The van der Waals surface area contributed by atoms with Crippen LogP contribution in [0.5, 0.6) is 0 Å². The molecule has 0 radical (unpaired) electrons. The molecule has 0 aliphatic rings. The van der Waals surface area contributed by atoms with Crippen LogP contribution in [0.2, 0.25) is 0 Å². The molecule has 4 heteroatoms. The first-order valence-electron chi connectivity index (χ1n) is 8.98. The Kier molecular flexibility index (Phi) is 5.55. The Morgan fingerprint density at radius 2 is 1.70 bits per heavy atom. The Balaban J connectivity index is 1.63. The highest BCUT2D eigenvalue weighted by Crippen LogP contribution is 2.23. The molecule has 0 fully saturated rings. The van der Waals surface area contributed by atoms with E-state index in [-0.39, 0.29) is 12.3 Å². The lowest BCUT2D eigenvalue weighted by molar-refractivity contribution is -0.152. The summed E-state index contributed by atoms with van der Waals surface area (Å²) in [4.78, 5) is 24.6. The van der Waals surface area contributed by atoms with Gasteiger partial charge in [0.05, 0.1) is 6.42 Å². The quantitative estimate of drug-likeness (QED) is 0.677. The lowest BCUT2D eigenvalue weighted by atomic mass is 10.0. The predicted octanol–water partition coefficient (Wildman–Crippen LogP) is 4.57. The highest BCUT2D eigenvalue weighted by molar-refractivity contribution is 6.03. The average molecular weight is 361 g/mol. The first kappa shape index (κ1) is 18.6. The van der Waals surface area contributed by atoms with Gasteiger partial charge in [-0.05, 0) is 48.9 Å². The summed E-state index contributed by atoms with van der Waals surface area (Å²) >= 11 is 0. The highest BCUT2D eigenvalue weighted by atomic mass is 16.5. The lowest BCUT2D eigenvalue weighted by Gasteiger charge is -2.15. The zero-order chi connectivity index (χ0) is 19.4. The van der Waals surface area contributed by atoms with Crippen LogP contribution >= 0.6 is 0 Å². The normalized spacial score (nSPS) is 11.8. The largest absolute Gasteiger partial charge is 0.452 e. The van der Waals surface area contributed by atoms with Gasteiger partial charge in [-0.1, -0.05) is 54.6 Å². The Morgan fingerprint density at radius 3 is 2.48 bits per heavy atom. The summed E-state index contributed by atoms with van der Waals surface area (Å²) in [5.74, 6) is -0.765. The molecule has 138 valence electrons. The van der Waals surface area contributed by atoms with Crippen LogP contribution in [0.4, 0.5) is 5.69 Å². The monoisotopic (exact) mass is 361 g/mol. The molecule has 3 aromatic carbocycles. The predicted molar refractivity (Wildman–Crippen MR) is 108 cm³/mol. The SMILES string of the molecule is Cc1ccc(CC(=O)O[C@@H](C)C(=O)Nc2cccc3ccccc23)cc1C. The maximum absolute atomic E-state index is 12.5. The van der Waals surface area contributed by atoms with Crippen molar-refractivity contribution in [1.29, 1.82) is 0 Å². The molecule has 0 saturated carbocycles. The van der Waals surface area contributed by atoms with E-state index in [1.54, 1.807) is 6.92 Å². The van der Waals surface area contributed by atoms with Crippen LogP contribution in [-0.4, -0.2) is 18.0 Å². The molecule has 3 aromatic rings. The lowest BCUT2D eigenvalue weighted by Crippen LogP contribution is -2.30. The van der Waals surface area contributed by atoms with E-state index < -0.39 is 12.1 Å². The van der Waals surface area contributed by atoms with Crippen LogP contribution in [0.3, 0.4) is 0 Å². The van der Waals surface area contributed by atoms with Gasteiger partial charge in [-0.3, -0.25) is 9.59 Å². The van der Waals surface area contributed by atoms with Crippen molar-refractivity contribution in [1.82, 2.24) is 0 Å². The van der Waals surface area contributed by atoms with E-state index >= 15 is 0 Å². The molecule has 1 atom stereocenters. The number of benzene rings is 3. The Morgan fingerprint density at radius 1 is 0.963 bits per heavy atom. The molecule has 0 unspecified atom stereocenters. The number of hydrogen-bond donors (Lipinski definition) is 1. The maximum Gasteiger partial charge on any atom is 0.311 e. The molecule has 1 amide bonds. The molecule has 0 aliphatic carbocycles.